The van der Waals surface area contributed by atoms with Gasteiger partial charge in [0.25, 0.3) is 11.1 Å². The molecular formula is C17H21N3O3S. The van der Waals surface area contributed by atoms with Crippen LogP contribution in [0.25, 0.3) is 6.08 Å². The van der Waals surface area contributed by atoms with Gasteiger partial charge in [-0.2, -0.15) is 0 Å². The van der Waals surface area contributed by atoms with Crippen molar-refractivity contribution < 1.29 is 14.3 Å². The molecule has 1 aromatic rings. The number of piperazine rings is 1. The molecule has 1 aromatic carbocycles. The van der Waals surface area contributed by atoms with Crippen LogP contribution < -0.4 is 4.74 Å². The Balaban J connectivity index is 1.73. The van der Waals surface area contributed by atoms with Gasteiger partial charge in [-0.1, -0.05) is 18.2 Å². The lowest BCUT2D eigenvalue weighted by molar-refractivity contribution is -0.124. The van der Waals surface area contributed by atoms with E-state index in [4.69, 9.17) is 4.74 Å². The third kappa shape index (κ3) is 3.63. The number of methoxy groups -OCH3 is 1. The van der Waals surface area contributed by atoms with E-state index in [0.717, 1.165) is 43.5 Å². The molecule has 2 aliphatic rings. The van der Waals surface area contributed by atoms with E-state index in [-0.39, 0.29) is 11.1 Å². The molecule has 0 unspecified atom stereocenters. The van der Waals surface area contributed by atoms with Gasteiger partial charge in [0.05, 0.1) is 18.7 Å². The number of hydrogen-bond donors (Lipinski definition) is 0. The minimum Gasteiger partial charge on any atom is -0.496 e. The van der Waals surface area contributed by atoms with Gasteiger partial charge >= 0.3 is 0 Å². The number of imide groups is 1. The number of amides is 2. The third-order valence-electron chi connectivity index (χ3n) is 4.24. The Morgan fingerprint density at radius 3 is 2.58 bits per heavy atom. The average Bonchev–Trinajstić information content (AvgIpc) is 2.85. The van der Waals surface area contributed by atoms with Crippen LogP contribution in [0.2, 0.25) is 0 Å². The van der Waals surface area contributed by atoms with Gasteiger partial charge in [0.1, 0.15) is 5.75 Å². The minimum absolute atomic E-state index is 0.208. The molecule has 2 heterocycles. The maximum atomic E-state index is 12.6. The lowest BCUT2D eigenvalue weighted by Crippen LogP contribution is -2.49. The average molecular weight is 347 g/mol. The number of para-hydroxylation sites is 1. The van der Waals surface area contributed by atoms with E-state index < -0.39 is 0 Å². The molecule has 24 heavy (non-hydrogen) atoms. The zero-order valence-electron chi connectivity index (χ0n) is 13.9. The van der Waals surface area contributed by atoms with E-state index in [1.54, 1.807) is 13.2 Å². The summed E-state index contributed by atoms with van der Waals surface area (Å²) in [6.45, 7) is 4.00. The van der Waals surface area contributed by atoms with E-state index in [1.807, 2.05) is 24.3 Å². The van der Waals surface area contributed by atoms with E-state index in [1.165, 1.54) is 4.90 Å². The minimum atomic E-state index is -0.227. The van der Waals surface area contributed by atoms with Crippen molar-refractivity contribution in [3.8, 4) is 5.75 Å². The van der Waals surface area contributed by atoms with Gasteiger partial charge < -0.3 is 9.64 Å². The number of hydrogen-bond acceptors (Lipinski definition) is 6. The SMILES string of the molecule is COc1ccccc1C=C1SC(=O)N(CN2CCN(C)CC2)C1=O. The van der Waals surface area contributed by atoms with Gasteiger partial charge in [0.2, 0.25) is 0 Å². The van der Waals surface area contributed by atoms with Crippen LogP contribution in [-0.2, 0) is 4.79 Å². The van der Waals surface area contributed by atoms with E-state index >= 15 is 0 Å². The molecule has 0 spiro atoms. The fourth-order valence-electron chi connectivity index (χ4n) is 2.74. The van der Waals surface area contributed by atoms with Gasteiger partial charge in [0.15, 0.2) is 0 Å². The van der Waals surface area contributed by atoms with Crippen LogP contribution in [0.15, 0.2) is 29.2 Å². The molecule has 0 atom stereocenters. The predicted octanol–water partition coefficient (Wildman–Crippen LogP) is 1.94. The molecule has 6 nitrogen and oxygen atoms in total. The van der Waals surface area contributed by atoms with Crippen LogP contribution in [0.1, 0.15) is 5.56 Å². The Morgan fingerprint density at radius 1 is 1.17 bits per heavy atom. The molecule has 0 N–H and O–H groups in total. The van der Waals surface area contributed by atoms with Crippen molar-refractivity contribution >= 4 is 29.0 Å². The van der Waals surface area contributed by atoms with Gasteiger partial charge in [-0.25, -0.2) is 0 Å². The lowest BCUT2D eigenvalue weighted by Gasteiger charge is -2.33. The van der Waals surface area contributed by atoms with E-state index in [9.17, 15) is 9.59 Å². The molecule has 128 valence electrons. The fourth-order valence-corrected chi connectivity index (χ4v) is 3.56. The Bertz CT molecular complexity index is 669. The van der Waals surface area contributed by atoms with Crippen molar-refractivity contribution in [3.05, 3.63) is 34.7 Å². The van der Waals surface area contributed by atoms with E-state index in [0.29, 0.717) is 17.3 Å². The number of rotatable bonds is 4. The van der Waals surface area contributed by atoms with Crippen molar-refractivity contribution in [3.63, 3.8) is 0 Å². The Hall–Kier alpha value is -1.83. The van der Waals surface area contributed by atoms with Crippen LogP contribution >= 0.6 is 11.8 Å². The summed E-state index contributed by atoms with van der Waals surface area (Å²) in [6.07, 6.45) is 1.73. The van der Waals surface area contributed by atoms with Crippen LogP contribution in [0.5, 0.6) is 5.75 Å². The number of carbonyl (C=O) groups excluding carboxylic acids is 2. The second kappa shape index (κ2) is 7.38. The number of carbonyl (C=O) groups is 2. The highest BCUT2D eigenvalue weighted by Gasteiger charge is 2.36. The van der Waals surface area contributed by atoms with Crippen molar-refractivity contribution in [2.75, 3.05) is 47.0 Å². The maximum Gasteiger partial charge on any atom is 0.294 e. The van der Waals surface area contributed by atoms with Crippen molar-refractivity contribution in [1.29, 1.82) is 0 Å². The van der Waals surface area contributed by atoms with Crippen LogP contribution in [0.4, 0.5) is 4.79 Å². The normalized spacial score (nSPS) is 21.8. The molecule has 0 aliphatic carbocycles. The van der Waals surface area contributed by atoms with Gasteiger partial charge in [-0.15, -0.1) is 0 Å². The maximum absolute atomic E-state index is 12.6. The second-order valence-electron chi connectivity index (χ2n) is 5.91. The summed E-state index contributed by atoms with van der Waals surface area (Å²) in [4.78, 5) is 31.0. The number of likely N-dealkylation sites (N-methyl/N-ethyl adjacent to an activating group) is 1. The number of ether oxygens (including phenoxy) is 1. The summed E-state index contributed by atoms with van der Waals surface area (Å²) < 4.78 is 5.30. The first-order valence-electron chi connectivity index (χ1n) is 7.88. The lowest BCUT2D eigenvalue weighted by atomic mass is 10.2. The summed E-state index contributed by atoms with van der Waals surface area (Å²) in [5.41, 5.74) is 0.796. The topological polar surface area (TPSA) is 53.1 Å². The summed E-state index contributed by atoms with van der Waals surface area (Å²) in [5, 5.41) is -0.208. The summed E-state index contributed by atoms with van der Waals surface area (Å²) >= 11 is 0.991. The first kappa shape index (κ1) is 17.0. The summed E-state index contributed by atoms with van der Waals surface area (Å²) in [7, 11) is 3.67. The van der Waals surface area contributed by atoms with Crippen molar-refractivity contribution in [2.45, 2.75) is 0 Å². The van der Waals surface area contributed by atoms with Gasteiger partial charge in [-0.05, 0) is 31.0 Å². The van der Waals surface area contributed by atoms with Gasteiger partial charge in [0, 0.05) is 31.7 Å². The number of thioether (sulfide) groups is 1. The number of nitrogens with zero attached hydrogens (tertiary/aromatic N) is 3. The van der Waals surface area contributed by atoms with Crippen LogP contribution in [-0.4, -0.2) is 72.9 Å². The Morgan fingerprint density at radius 2 is 1.88 bits per heavy atom. The Labute approximate surface area is 146 Å². The first-order valence-corrected chi connectivity index (χ1v) is 8.69. The van der Waals surface area contributed by atoms with Crippen LogP contribution in [0, 0.1) is 0 Å². The van der Waals surface area contributed by atoms with Crippen molar-refractivity contribution in [2.24, 2.45) is 0 Å². The zero-order chi connectivity index (χ0) is 17.1. The molecule has 2 amide bonds. The smallest absolute Gasteiger partial charge is 0.294 e. The second-order valence-corrected chi connectivity index (χ2v) is 6.91. The monoisotopic (exact) mass is 347 g/mol. The number of benzene rings is 1. The zero-order valence-corrected chi connectivity index (χ0v) is 14.7. The highest BCUT2D eigenvalue weighted by molar-refractivity contribution is 8.18. The molecule has 0 bridgehead atoms. The van der Waals surface area contributed by atoms with Crippen LogP contribution in [0.3, 0.4) is 0 Å². The fraction of sp³-hybridized carbons (Fsp3) is 0.412. The quantitative estimate of drug-likeness (QED) is 0.776. The molecule has 2 fully saturated rings. The standard InChI is InChI=1S/C17H21N3O3S/c1-18-7-9-19(10-8-18)12-20-16(21)15(24-17(20)22)11-13-5-3-4-6-14(13)23-2/h3-6,11H,7-10,12H2,1-2H3. The molecular weight excluding hydrogens is 326 g/mol. The molecule has 0 aromatic heterocycles. The van der Waals surface area contributed by atoms with Gasteiger partial charge in [-0.3, -0.25) is 19.4 Å². The summed E-state index contributed by atoms with van der Waals surface area (Å²) in [6, 6.07) is 7.45. The molecule has 2 aliphatic heterocycles. The molecule has 7 heteroatoms. The molecule has 0 saturated carbocycles. The van der Waals surface area contributed by atoms with E-state index in [2.05, 4.69) is 16.8 Å². The van der Waals surface area contributed by atoms with Crippen molar-refractivity contribution in [1.82, 2.24) is 14.7 Å². The highest BCUT2D eigenvalue weighted by atomic mass is 32.2. The highest BCUT2D eigenvalue weighted by Crippen LogP contribution is 2.34. The molecule has 2 saturated heterocycles. The predicted molar refractivity (Wildman–Crippen MR) is 94.7 cm³/mol. The third-order valence-corrected chi connectivity index (χ3v) is 5.14. The molecule has 0 radical (unpaired) electrons. The molecule has 3 rings (SSSR count). The summed E-state index contributed by atoms with van der Waals surface area (Å²) in [5.74, 6) is 0.457. The largest absolute Gasteiger partial charge is 0.496 e. The Kier molecular flexibility index (Phi) is 5.23. The first-order chi connectivity index (χ1) is 11.6.